The van der Waals surface area contributed by atoms with Crippen molar-refractivity contribution < 1.29 is 0 Å². The van der Waals surface area contributed by atoms with Gasteiger partial charge in [0.1, 0.15) is 0 Å². The summed E-state index contributed by atoms with van der Waals surface area (Å²) >= 11 is 0. The number of hydrogen-bond donors (Lipinski definition) is 0. The van der Waals surface area contributed by atoms with Crippen LogP contribution < -0.4 is 0 Å². The van der Waals surface area contributed by atoms with Crippen LogP contribution in [-0.2, 0) is 0 Å². The molecule has 0 bridgehead atoms. The maximum Gasteiger partial charge on any atom is -0.0202 e. The van der Waals surface area contributed by atoms with E-state index in [0.29, 0.717) is 0 Å². The second-order valence-electron chi connectivity index (χ2n) is 4.07. The zero-order valence-corrected chi connectivity index (χ0v) is 8.84. The van der Waals surface area contributed by atoms with Gasteiger partial charge in [0.2, 0.25) is 0 Å². The highest BCUT2D eigenvalue weighted by Gasteiger charge is 2.32. The van der Waals surface area contributed by atoms with Gasteiger partial charge in [-0.1, -0.05) is 31.6 Å². The van der Waals surface area contributed by atoms with Gasteiger partial charge >= 0.3 is 0 Å². The highest BCUT2D eigenvalue weighted by atomic mass is 14.4. The molecule has 0 aromatic carbocycles. The molecule has 0 aromatic heterocycles. The smallest absolute Gasteiger partial charge is 0.0202 e. The lowest BCUT2D eigenvalue weighted by Gasteiger charge is -1.92. The standard InChI is InChI=1S/C13H22/c1-3-5-6-7-8-9-10-13-11-12(13)4-2/h3,9-10,12-13H,1,4-8,11H2,2H3/b10-9-. The van der Waals surface area contributed by atoms with Crippen LogP contribution in [0.4, 0.5) is 0 Å². The highest BCUT2D eigenvalue weighted by molar-refractivity contribution is 5.01. The normalized spacial score (nSPS) is 26.5. The monoisotopic (exact) mass is 178 g/mol. The van der Waals surface area contributed by atoms with Crippen molar-refractivity contribution >= 4 is 0 Å². The molecule has 2 unspecified atom stereocenters. The minimum atomic E-state index is 0.935. The molecule has 0 N–H and O–H groups in total. The summed E-state index contributed by atoms with van der Waals surface area (Å²) < 4.78 is 0. The highest BCUT2D eigenvalue weighted by Crippen LogP contribution is 2.41. The Morgan fingerprint density at radius 2 is 2.08 bits per heavy atom. The maximum absolute atomic E-state index is 3.72. The lowest BCUT2D eigenvalue weighted by atomic mass is 10.1. The molecule has 74 valence electrons. The van der Waals surface area contributed by atoms with Crippen molar-refractivity contribution in [2.24, 2.45) is 11.8 Å². The van der Waals surface area contributed by atoms with Crippen molar-refractivity contribution in [2.75, 3.05) is 0 Å². The lowest BCUT2D eigenvalue weighted by molar-refractivity contribution is 0.743. The summed E-state index contributed by atoms with van der Waals surface area (Å²) in [5, 5.41) is 0. The van der Waals surface area contributed by atoms with Gasteiger partial charge in [-0.3, -0.25) is 0 Å². The molecule has 0 aromatic rings. The minimum Gasteiger partial charge on any atom is -0.103 e. The Morgan fingerprint density at radius 3 is 2.69 bits per heavy atom. The molecular formula is C13H22. The van der Waals surface area contributed by atoms with E-state index in [1.165, 1.54) is 38.5 Å². The van der Waals surface area contributed by atoms with Crippen LogP contribution in [0, 0.1) is 11.8 Å². The van der Waals surface area contributed by atoms with E-state index in [2.05, 4.69) is 25.7 Å². The van der Waals surface area contributed by atoms with Crippen molar-refractivity contribution in [1.29, 1.82) is 0 Å². The van der Waals surface area contributed by atoms with Crippen molar-refractivity contribution in [1.82, 2.24) is 0 Å². The van der Waals surface area contributed by atoms with E-state index >= 15 is 0 Å². The second kappa shape index (κ2) is 6.01. The number of hydrogen-bond acceptors (Lipinski definition) is 0. The minimum absolute atomic E-state index is 0.935. The molecule has 0 heteroatoms. The molecule has 13 heavy (non-hydrogen) atoms. The van der Waals surface area contributed by atoms with Gasteiger partial charge in [0.15, 0.2) is 0 Å². The molecule has 0 heterocycles. The maximum atomic E-state index is 3.72. The molecule has 0 radical (unpaired) electrons. The van der Waals surface area contributed by atoms with Crippen molar-refractivity contribution in [3.8, 4) is 0 Å². The van der Waals surface area contributed by atoms with E-state index in [-0.39, 0.29) is 0 Å². The Labute approximate surface area is 82.7 Å². The fourth-order valence-corrected chi connectivity index (χ4v) is 1.80. The van der Waals surface area contributed by atoms with Crippen LogP contribution in [0.1, 0.15) is 45.4 Å². The summed E-state index contributed by atoms with van der Waals surface area (Å²) in [6, 6.07) is 0. The molecule has 0 spiro atoms. The summed E-state index contributed by atoms with van der Waals surface area (Å²) in [7, 11) is 0. The van der Waals surface area contributed by atoms with Crippen molar-refractivity contribution in [2.45, 2.75) is 45.4 Å². The second-order valence-corrected chi connectivity index (χ2v) is 4.07. The molecular weight excluding hydrogens is 156 g/mol. The van der Waals surface area contributed by atoms with Gasteiger partial charge in [0.25, 0.3) is 0 Å². The Hall–Kier alpha value is -0.520. The summed E-state index contributed by atoms with van der Waals surface area (Å²) in [4.78, 5) is 0. The third-order valence-electron chi connectivity index (χ3n) is 2.91. The van der Waals surface area contributed by atoms with Crippen LogP contribution in [0.15, 0.2) is 24.8 Å². The van der Waals surface area contributed by atoms with Crippen LogP contribution in [-0.4, -0.2) is 0 Å². The van der Waals surface area contributed by atoms with Crippen LogP contribution in [0.5, 0.6) is 0 Å². The first-order chi connectivity index (χ1) is 6.38. The largest absolute Gasteiger partial charge is 0.103 e. The van der Waals surface area contributed by atoms with Crippen molar-refractivity contribution in [3.05, 3.63) is 24.8 Å². The van der Waals surface area contributed by atoms with Crippen LogP contribution in [0.2, 0.25) is 0 Å². The molecule has 1 aliphatic carbocycles. The molecule has 1 fully saturated rings. The molecule has 0 amide bonds. The predicted molar refractivity (Wildman–Crippen MR) is 59.7 cm³/mol. The van der Waals surface area contributed by atoms with Crippen LogP contribution >= 0.6 is 0 Å². The van der Waals surface area contributed by atoms with Gasteiger partial charge in [-0.25, -0.2) is 0 Å². The van der Waals surface area contributed by atoms with Crippen molar-refractivity contribution in [3.63, 3.8) is 0 Å². The first kappa shape index (κ1) is 10.6. The predicted octanol–water partition coefficient (Wildman–Crippen LogP) is 4.34. The quantitative estimate of drug-likeness (QED) is 0.402. The third-order valence-corrected chi connectivity index (χ3v) is 2.91. The van der Waals surface area contributed by atoms with E-state index in [0.717, 1.165) is 11.8 Å². The average molecular weight is 178 g/mol. The Bertz CT molecular complexity index is 167. The SMILES string of the molecule is C=CCCCC/C=C\C1CC1CC. The Kier molecular flexibility index (Phi) is 4.88. The molecule has 1 rings (SSSR count). The lowest BCUT2D eigenvalue weighted by Crippen LogP contribution is -1.75. The van der Waals surface area contributed by atoms with Gasteiger partial charge in [-0.15, -0.1) is 6.58 Å². The summed E-state index contributed by atoms with van der Waals surface area (Å²) in [5.41, 5.74) is 0. The van der Waals surface area contributed by atoms with E-state index in [4.69, 9.17) is 0 Å². The van der Waals surface area contributed by atoms with Gasteiger partial charge in [0.05, 0.1) is 0 Å². The number of allylic oxidation sites excluding steroid dienone is 3. The Balaban J connectivity index is 1.91. The van der Waals surface area contributed by atoms with Crippen LogP contribution in [0.3, 0.4) is 0 Å². The van der Waals surface area contributed by atoms with E-state index in [1.54, 1.807) is 0 Å². The molecule has 0 saturated heterocycles. The average Bonchev–Trinajstić information content (AvgIpc) is 2.90. The van der Waals surface area contributed by atoms with Gasteiger partial charge in [-0.05, 0) is 43.9 Å². The number of unbranched alkanes of at least 4 members (excludes halogenated alkanes) is 3. The van der Waals surface area contributed by atoms with Gasteiger partial charge in [0, 0.05) is 0 Å². The van der Waals surface area contributed by atoms with E-state index in [1.807, 2.05) is 6.08 Å². The first-order valence-corrected chi connectivity index (χ1v) is 5.66. The fourth-order valence-electron chi connectivity index (χ4n) is 1.80. The molecule has 1 aliphatic rings. The van der Waals surface area contributed by atoms with Crippen LogP contribution in [0.25, 0.3) is 0 Å². The van der Waals surface area contributed by atoms with Gasteiger partial charge in [-0.2, -0.15) is 0 Å². The topological polar surface area (TPSA) is 0 Å². The van der Waals surface area contributed by atoms with E-state index in [9.17, 15) is 0 Å². The molecule has 2 atom stereocenters. The van der Waals surface area contributed by atoms with Gasteiger partial charge < -0.3 is 0 Å². The van der Waals surface area contributed by atoms with E-state index < -0.39 is 0 Å². The zero-order valence-electron chi connectivity index (χ0n) is 8.84. The first-order valence-electron chi connectivity index (χ1n) is 5.66. The molecule has 0 aliphatic heterocycles. The molecule has 0 nitrogen and oxygen atoms in total. The summed E-state index contributed by atoms with van der Waals surface area (Å²) in [5.74, 6) is 1.95. The Morgan fingerprint density at radius 1 is 1.31 bits per heavy atom. The molecule has 1 saturated carbocycles. The third kappa shape index (κ3) is 4.31. The fraction of sp³-hybridized carbons (Fsp3) is 0.692. The zero-order chi connectivity index (χ0) is 9.52. The summed E-state index contributed by atoms with van der Waals surface area (Å²) in [6.07, 6.45) is 14.7. The number of rotatable bonds is 7. The summed E-state index contributed by atoms with van der Waals surface area (Å²) in [6.45, 7) is 6.01.